The highest BCUT2D eigenvalue weighted by atomic mass is 31.2. The van der Waals surface area contributed by atoms with Gasteiger partial charge >= 0.3 is 0 Å². The molecule has 0 spiro atoms. The maximum atomic E-state index is 15.3. The second-order valence-electron chi connectivity index (χ2n) is 18.2. The smallest absolute Gasteiger partial charge is 0.172 e. The second kappa shape index (κ2) is 18.0. The van der Waals surface area contributed by atoms with Crippen LogP contribution in [0.4, 0.5) is 0 Å². The molecule has 0 atom stereocenters. The molecule has 13 aromatic rings. The topological polar surface area (TPSA) is 55.7 Å². The first-order valence-electron chi connectivity index (χ1n) is 24.3. The molecule has 72 heavy (non-hydrogen) atoms. The minimum Gasteiger partial charge on any atom is -0.309 e. The quantitative estimate of drug-likeness (QED) is 0.0822. The second-order valence-corrected chi connectivity index (χ2v) is 21.0. The highest BCUT2D eigenvalue weighted by Crippen LogP contribution is 2.47. The minimum absolute atomic E-state index is 0.692. The average Bonchev–Trinajstić information content (AvgIpc) is 3.47. The van der Waals surface area contributed by atoms with Crippen LogP contribution in [0.15, 0.2) is 267 Å². The number of hydrogen-bond acceptors (Lipinski definition) is 4. The van der Waals surface area contributed by atoms with Gasteiger partial charge in [0.25, 0.3) is 0 Å². The first-order chi connectivity index (χ1) is 35.6. The third kappa shape index (κ3) is 7.58. The lowest BCUT2D eigenvalue weighted by Gasteiger charge is -2.21. The summed E-state index contributed by atoms with van der Waals surface area (Å²) >= 11 is 0. The van der Waals surface area contributed by atoms with E-state index in [0.717, 1.165) is 110 Å². The van der Waals surface area contributed by atoms with Gasteiger partial charge < -0.3 is 4.57 Å². The lowest BCUT2D eigenvalue weighted by Crippen LogP contribution is -2.25. The zero-order valence-corrected chi connectivity index (χ0v) is 40.0. The van der Waals surface area contributed by atoms with Gasteiger partial charge in [-0.15, -0.1) is 0 Å². The maximum absolute atomic E-state index is 15.3. The summed E-state index contributed by atoms with van der Waals surface area (Å²) in [6.45, 7) is 0. The van der Waals surface area contributed by atoms with Crippen molar-refractivity contribution >= 4 is 66.4 Å². The van der Waals surface area contributed by atoms with Gasteiger partial charge in [-0.2, -0.15) is 0 Å². The highest BCUT2D eigenvalue weighted by Gasteiger charge is 2.30. The van der Waals surface area contributed by atoms with Crippen LogP contribution in [0.5, 0.6) is 0 Å². The summed E-state index contributed by atoms with van der Waals surface area (Å²) in [5, 5.41) is 8.84. The number of benzene rings is 10. The fourth-order valence-corrected chi connectivity index (χ4v) is 13.0. The van der Waals surface area contributed by atoms with Crippen molar-refractivity contribution in [3.8, 4) is 67.0 Å². The van der Waals surface area contributed by atoms with Gasteiger partial charge in [-0.3, -0.25) is 9.97 Å². The third-order valence-corrected chi connectivity index (χ3v) is 17.1. The van der Waals surface area contributed by atoms with Crippen molar-refractivity contribution in [1.29, 1.82) is 0 Å². The Morgan fingerprint density at radius 3 is 1.24 bits per heavy atom. The Bertz CT molecular complexity index is 4140. The Balaban J connectivity index is 1.04. The third-order valence-electron chi connectivity index (χ3n) is 14.1. The van der Waals surface area contributed by atoms with E-state index < -0.39 is 7.14 Å². The van der Waals surface area contributed by atoms with Crippen LogP contribution >= 0.6 is 7.14 Å². The molecule has 0 fully saturated rings. The summed E-state index contributed by atoms with van der Waals surface area (Å²) in [7, 11) is -3.21. The summed E-state index contributed by atoms with van der Waals surface area (Å²) in [6, 6.07) is 88.7. The molecule has 5 heteroatoms. The Morgan fingerprint density at radius 2 is 0.722 bits per heavy atom. The fourth-order valence-electron chi connectivity index (χ4n) is 10.4. The van der Waals surface area contributed by atoms with Gasteiger partial charge in [0.1, 0.15) is 0 Å². The Kier molecular flexibility index (Phi) is 10.8. The van der Waals surface area contributed by atoms with E-state index in [4.69, 9.17) is 15.0 Å². The van der Waals surface area contributed by atoms with E-state index in [9.17, 15) is 0 Å². The van der Waals surface area contributed by atoms with Crippen LogP contribution in [0.25, 0.3) is 110 Å². The van der Waals surface area contributed by atoms with Gasteiger partial charge in [-0.25, -0.2) is 4.98 Å². The molecule has 4 nitrogen and oxygen atoms in total. The summed E-state index contributed by atoms with van der Waals surface area (Å²) in [4.78, 5) is 15.2. The molecule has 3 aromatic heterocycles. The number of hydrogen-bond donors (Lipinski definition) is 0. The average molecular weight is 938 g/mol. The summed E-state index contributed by atoms with van der Waals surface area (Å²) in [6.07, 6.45) is 3.65. The van der Waals surface area contributed by atoms with Gasteiger partial charge in [0.15, 0.2) is 7.14 Å². The van der Waals surface area contributed by atoms with E-state index >= 15 is 4.57 Å². The van der Waals surface area contributed by atoms with E-state index in [2.05, 4.69) is 176 Å². The molecule has 0 N–H and O–H groups in total. The fraction of sp³-hybridized carbons (Fsp3) is 0. The van der Waals surface area contributed by atoms with E-state index in [0.29, 0.717) is 5.30 Å². The molecule has 0 amide bonds. The largest absolute Gasteiger partial charge is 0.309 e. The summed E-state index contributed by atoms with van der Waals surface area (Å²) < 4.78 is 15.3. The molecule has 0 aliphatic carbocycles. The monoisotopic (exact) mass is 937 g/mol. The van der Waals surface area contributed by atoms with Crippen LogP contribution in [0.2, 0.25) is 0 Å². The molecule has 0 saturated heterocycles. The number of rotatable bonds is 9. The van der Waals surface area contributed by atoms with Crippen LogP contribution in [0.3, 0.4) is 0 Å². The van der Waals surface area contributed by atoms with E-state index in [1.807, 2.05) is 91.3 Å². The van der Waals surface area contributed by atoms with Crippen molar-refractivity contribution in [1.82, 2.24) is 15.0 Å². The van der Waals surface area contributed by atoms with Gasteiger partial charge in [0.05, 0.1) is 22.4 Å². The molecule has 338 valence electrons. The summed E-state index contributed by atoms with van der Waals surface area (Å²) in [5.74, 6) is 0. The lowest BCUT2D eigenvalue weighted by atomic mass is 9.84. The Morgan fingerprint density at radius 1 is 0.292 bits per heavy atom. The molecule has 0 aliphatic heterocycles. The van der Waals surface area contributed by atoms with Crippen LogP contribution in [-0.2, 0) is 4.57 Å². The molecule has 0 saturated carbocycles. The first-order valence-corrected chi connectivity index (χ1v) is 26.0. The lowest BCUT2D eigenvalue weighted by molar-refractivity contribution is 0.592. The molecule has 3 heterocycles. The Hall–Kier alpha value is -9.08. The van der Waals surface area contributed by atoms with Crippen molar-refractivity contribution in [3.63, 3.8) is 0 Å². The van der Waals surface area contributed by atoms with Gasteiger partial charge in [-0.1, -0.05) is 218 Å². The zero-order valence-electron chi connectivity index (χ0n) is 39.1. The molecule has 0 aliphatic rings. The Labute approximate surface area is 418 Å². The summed E-state index contributed by atoms with van der Waals surface area (Å²) in [5.41, 5.74) is 14.6. The molecule has 0 bridgehead atoms. The molecule has 0 radical (unpaired) electrons. The van der Waals surface area contributed by atoms with Gasteiger partial charge in [0.2, 0.25) is 0 Å². The van der Waals surface area contributed by atoms with Gasteiger partial charge in [0, 0.05) is 50.2 Å². The predicted octanol–water partition coefficient (Wildman–Crippen LogP) is 16.1. The van der Waals surface area contributed by atoms with E-state index in [1.54, 1.807) is 0 Å². The van der Waals surface area contributed by atoms with Crippen molar-refractivity contribution in [3.05, 3.63) is 267 Å². The normalized spacial score (nSPS) is 11.7. The maximum Gasteiger partial charge on any atom is 0.172 e. The SMILES string of the molecule is O=P(c1ccccc1)(c1ccccc1)c1ccc(-c2ccc3c(-c4ccc(-c5ccccc5)cc4)c4cc(-c5ccc6ccc7cccnc7c6n5)ccc4c(-c4ccc(-c5ccccc5)cc4)c3c2)nc1. The number of pyridine rings is 3. The zero-order chi connectivity index (χ0) is 48.0. The van der Waals surface area contributed by atoms with Gasteiger partial charge in [-0.05, 0) is 102 Å². The highest BCUT2D eigenvalue weighted by molar-refractivity contribution is 7.85. The van der Waals surface area contributed by atoms with Crippen LogP contribution < -0.4 is 15.9 Å². The van der Waals surface area contributed by atoms with Crippen LogP contribution in [0.1, 0.15) is 0 Å². The van der Waals surface area contributed by atoms with Crippen LogP contribution in [0, 0.1) is 0 Å². The van der Waals surface area contributed by atoms with E-state index in [1.165, 1.54) is 11.1 Å². The predicted molar refractivity (Wildman–Crippen MR) is 302 cm³/mol. The van der Waals surface area contributed by atoms with E-state index in [-0.39, 0.29) is 0 Å². The first kappa shape index (κ1) is 43.0. The van der Waals surface area contributed by atoms with Crippen molar-refractivity contribution in [2.24, 2.45) is 0 Å². The van der Waals surface area contributed by atoms with Crippen LogP contribution in [-0.4, -0.2) is 15.0 Å². The molecule has 0 unspecified atom stereocenters. The van der Waals surface area contributed by atoms with Crippen molar-refractivity contribution in [2.75, 3.05) is 0 Å². The minimum atomic E-state index is -3.21. The molecular formula is C67H44N3OP. The number of aromatic nitrogens is 3. The van der Waals surface area contributed by atoms with Crippen molar-refractivity contribution < 1.29 is 4.57 Å². The number of nitrogens with zero attached hydrogens (tertiary/aromatic N) is 3. The molecular weight excluding hydrogens is 894 g/mol. The van der Waals surface area contributed by atoms with Crippen molar-refractivity contribution in [2.45, 2.75) is 0 Å². The molecule has 10 aromatic carbocycles. The number of fused-ring (bicyclic) bond motifs is 5. The molecule has 13 rings (SSSR count). The standard InChI is InChI=1S/C67H44N3OP/c71-72(55-19-9-3-10-20-55,56-21-11-4-12-22-56)57-36-40-62(69-44-57)53-33-37-58-60(42-53)64(49-27-23-47(24-28-49)45-14-5-1-6-15-45)59-38-34-54(63-39-35-52-32-31-51-18-13-41-68-66(51)67(52)70-63)43-61(59)65(58)50-29-25-48(26-30-50)46-16-7-2-8-17-46/h1-44H.